The van der Waals surface area contributed by atoms with Crippen molar-refractivity contribution in [2.45, 2.75) is 30.3 Å². The van der Waals surface area contributed by atoms with Crippen LogP contribution in [0.4, 0.5) is 0 Å². The van der Waals surface area contributed by atoms with Crippen LogP contribution in [0, 0.1) is 6.92 Å². The third-order valence-electron chi connectivity index (χ3n) is 4.87. The monoisotopic (exact) mass is 482 g/mol. The molecule has 0 unspecified atom stereocenters. The SMILES string of the molecule is Cc1ccc(S(=O)(=O)OC[C@H]2CO[C@@](Cn3ccnc3)(c3ccc(Cl)cc3Cl)O2)cc1. The summed E-state index contributed by atoms with van der Waals surface area (Å²) < 4.78 is 44.3. The minimum absolute atomic E-state index is 0.0856. The van der Waals surface area contributed by atoms with Crippen LogP contribution in [0.3, 0.4) is 0 Å². The van der Waals surface area contributed by atoms with Gasteiger partial charge in [-0.15, -0.1) is 0 Å². The lowest BCUT2D eigenvalue weighted by atomic mass is 10.1. The Bertz CT molecular complexity index is 1150. The molecular formula is C21H20Cl2N2O5S. The van der Waals surface area contributed by atoms with Gasteiger partial charge in [-0.2, -0.15) is 8.42 Å². The molecule has 10 heteroatoms. The molecule has 7 nitrogen and oxygen atoms in total. The molecule has 1 aliphatic heterocycles. The molecule has 0 radical (unpaired) electrons. The van der Waals surface area contributed by atoms with Gasteiger partial charge in [0, 0.05) is 23.0 Å². The van der Waals surface area contributed by atoms with E-state index >= 15 is 0 Å². The summed E-state index contributed by atoms with van der Waals surface area (Å²) in [4.78, 5) is 4.13. The predicted molar refractivity (Wildman–Crippen MR) is 116 cm³/mol. The molecule has 0 amide bonds. The molecule has 164 valence electrons. The van der Waals surface area contributed by atoms with E-state index in [1.165, 1.54) is 12.1 Å². The number of halogens is 2. The molecule has 1 aromatic heterocycles. The Morgan fingerprint density at radius 2 is 2.00 bits per heavy atom. The second-order valence-corrected chi connectivity index (χ2v) is 9.67. The summed E-state index contributed by atoms with van der Waals surface area (Å²) in [6, 6.07) is 11.5. The highest BCUT2D eigenvalue weighted by molar-refractivity contribution is 7.86. The van der Waals surface area contributed by atoms with Crippen LogP contribution in [-0.4, -0.2) is 37.3 Å². The van der Waals surface area contributed by atoms with Crippen molar-refractivity contribution in [3.63, 3.8) is 0 Å². The van der Waals surface area contributed by atoms with E-state index in [9.17, 15) is 8.42 Å². The average molecular weight is 483 g/mol. The maximum absolute atomic E-state index is 12.5. The van der Waals surface area contributed by atoms with Crippen LogP contribution in [0.25, 0.3) is 0 Å². The van der Waals surface area contributed by atoms with Gasteiger partial charge in [-0.3, -0.25) is 4.18 Å². The van der Waals surface area contributed by atoms with Crippen molar-refractivity contribution >= 4 is 33.3 Å². The molecule has 1 aliphatic rings. The first kappa shape index (κ1) is 22.3. The molecule has 0 saturated carbocycles. The fourth-order valence-electron chi connectivity index (χ4n) is 3.31. The van der Waals surface area contributed by atoms with Crippen molar-refractivity contribution in [1.29, 1.82) is 0 Å². The van der Waals surface area contributed by atoms with E-state index in [2.05, 4.69) is 4.98 Å². The fraction of sp³-hybridized carbons (Fsp3) is 0.286. The van der Waals surface area contributed by atoms with E-state index < -0.39 is 22.0 Å². The number of aryl methyl sites for hydroxylation is 1. The number of hydrogen-bond donors (Lipinski definition) is 0. The normalized spacial score (nSPS) is 21.5. The number of nitrogens with zero attached hydrogens (tertiary/aromatic N) is 2. The highest BCUT2D eigenvalue weighted by Crippen LogP contribution is 2.40. The smallest absolute Gasteiger partial charge is 0.297 e. The Kier molecular flexibility index (Phi) is 6.39. The van der Waals surface area contributed by atoms with Crippen LogP contribution in [0.5, 0.6) is 0 Å². The summed E-state index contributed by atoms with van der Waals surface area (Å²) in [5, 5.41) is 0.857. The van der Waals surface area contributed by atoms with Gasteiger partial charge in [-0.1, -0.05) is 47.0 Å². The Hall–Kier alpha value is -1.94. The second-order valence-electron chi connectivity index (χ2n) is 7.21. The molecule has 31 heavy (non-hydrogen) atoms. The number of ether oxygens (including phenoxy) is 2. The lowest BCUT2D eigenvalue weighted by molar-refractivity contribution is -0.189. The quantitative estimate of drug-likeness (QED) is 0.470. The minimum Gasteiger partial charge on any atom is -0.342 e. The van der Waals surface area contributed by atoms with Crippen LogP contribution in [0.15, 0.2) is 66.1 Å². The molecule has 1 saturated heterocycles. The Morgan fingerprint density at radius 1 is 1.23 bits per heavy atom. The standard InChI is InChI=1S/C21H20Cl2N2O5S/c1-15-2-5-18(6-3-15)31(26,27)29-12-17-11-28-21(30-17,13-25-9-8-24-14-25)19-7-4-16(22)10-20(19)23/h2-10,14,17H,11-13H2,1H3/t17-,21-/m1/s1. The highest BCUT2D eigenvalue weighted by atomic mass is 35.5. The molecule has 2 atom stereocenters. The molecule has 3 aromatic rings. The first-order valence-electron chi connectivity index (χ1n) is 9.47. The fourth-order valence-corrected chi connectivity index (χ4v) is 4.80. The second kappa shape index (κ2) is 8.90. The van der Waals surface area contributed by atoms with Gasteiger partial charge >= 0.3 is 0 Å². The van der Waals surface area contributed by atoms with Crippen molar-refractivity contribution in [3.8, 4) is 0 Å². The van der Waals surface area contributed by atoms with Gasteiger partial charge in [0.25, 0.3) is 10.1 Å². The lowest BCUT2D eigenvalue weighted by Crippen LogP contribution is -2.34. The first-order chi connectivity index (χ1) is 14.8. The first-order valence-corrected chi connectivity index (χ1v) is 11.6. The molecule has 2 heterocycles. The van der Waals surface area contributed by atoms with Crippen LogP contribution in [0.2, 0.25) is 10.0 Å². The van der Waals surface area contributed by atoms with Gasteiger partial charge in [-0.25, -0.2) is 4.98 Å². The van der Waals surface area contributed by atoms with Crippen molar-refractivity contribution in [2.75, 3.05) is 13.2 Å². The zero-order chi connectivity index (χ0) is 22.1. The summed E-state index contributed by atoms with van der Waals surface area (Å²) in [5.41, 5.74) is 1.53. The Balaban J connectivity index is 1.53. The number of imidazole rings is 1. The Labute approximate surface area is 190 Å². The maximum atomic E-state index is 12.5. The van der Waals surface area contributed by atoms with Gasteiger partial charge in [0.1, 0.15) is 6.10 Å². The molecule has 0 N–H and O–H groups in total. The zero-order valence-electron chi connectivity index (χ0n) is 16.6. The van der Waals surface area contributed by atoms with E-state index in [1.54, 1.807) is 53.6 Å². The minimum atomic E-state index is -3.92. The summed E-state index contributed by atoms with van der Waals surface area (Å²) in [6.45, 7) is 2.06. The number of rotatable bonds is 7. The molecule has 0 bridgehead atoms. The summed E-state index contributed by atoms with van der Waals surface area (Å²) in [6.07, 6.45) is 4.41. The van der Waals surface area contributed by atoms with E-state index in [0.717, 1.165) is 5.56 Å². The van der Waals surface area contributed by atoms with E-state index in [-0.39, 0.29) is 24.7 Å². The lowest BCUT2D eigenvalue weighted by Gasteiger charge is -2.29. The Morgan fingerprint density at radius 3 is 2.68 bits per heavy atom. The highest BCUT2D eigenvalue weighted by Gasteiger charge is 2.45. The van der Waals surface area contributed by atoms with Gasteiger partial charge in [0.2, 0.25) is 5.79 Å². The van der Waals surface area contributed by atoms with Gasteiger partial charge in [0.15, 0.2) is 0 Å². The number of aromatic nitrogens is 2. The number of benzene rings is 2. The van der Waals surface area contributed by atoms with Crippen molar-refractivity contribution in [3.05, 3.63) is 82.4 Å². The third-order valence-corrected chi connectivity index (χ3v) is 6.71. The van der Waals surface area contributed by atoms with Crippen LogP contribution in [0.1, 0.15) is 11.1 Å². The van der Waals surface area contributed by atoms with Crippen molar-refractivity contribution in [2.24, 2.45) is 0 Å². The van der Waals surface area contributed by atoms with Crippen LogP contribution >= 0.6 is 23.2 Å². The summed E-state index contributed by atoms with van der Waals surface area (Å²) in [7, 11) is -3.92. The van der Waals surface area contributed by atoms with E-state index in [1.807, 2.05) is 6.92 Å². The average Bonchev–Trinajstić information content (AvgIpc) is 3.38. The van der Waals surface area contributed by atoms with Crippen LogP contribution < -0.4 is 0 Å². The summed E-state index contributed by atoms with van der Waals surface area (Å²) in [5.74, 6) is -1.25. The van der Waals surface area contributed by atoms with Gasteiger partial charge < -0.3 is 14.0 Å². The van der Waals surface area contributed by atoms with Crippen molar-refractivity contribution in [1.82, 2.24) is 9.55 Å². The van der Waals surface area contributed by atoms with Crippen LogP contribution in [-0.2, 0) is 36.1 Å². The third kappa shape index (κ3) is 4.95. The molecular weight excluding hydrogens is 463 g/mol. The largest absolute Gasteiger partial charge is 0.342 e. The topological polar surface area (TPSA) is 79.7 Å². The molecule has 0 spiro atoms. The van der Waals surface area contributed by atoms with Gasteiger partial charge in [-0.05, 0) is 31.2 Å². The molecule has 0 aliphatic carbocycles. The summed E-state index contributed by atoms with van der Waals surface area (Å²) >= 11 is 12.5. The molecule has 4 rings (SSSR count). The van der Waals surface area contributed by atoms with E-state index in [0.29, 0.717) is 15.6 Å². The van der Waals surface area contributed by atoms with Crippen molar-refractivity contribution < 1.29 is 22.1 Å². The molecule has 2 aromatic carbocycles. The zero-order valence-corrected chi connectivity index (χ0v) is 18.9. The number of hydrogen-bond acceptors (Lipinski definition) is 6. The molecule has 1 fully saturated rings. The van der Waals surface area contributed by atoms with Gasteiger partial charge in [0.05, 0.1) is 36.0 Å². The van der Waals surface area contributed by atoms with E-state index in [4.69, 9.17) is 36.9 Å². The predicted octanol–water partition coefficient (Wildman–Crippen LogP) is 4.17. The maximum Gasteiger partial charge on any atom is 0.297 e.